The Labute approximate surface area is 154 Å². The lowest BCUT2D eigenvalue weighted by Crippen LogP contribution is -2.24. The Hall–Kier alpha value is -2.19. The van der Waals surface area contributed by atoms with E-state index in [1.165, 1.54) is 6.20 Å². The average Bonchev–Trinajstić information content (AvgIpc) is 2.57. The molecule has 24 heavy (non-hydrogen) atoms. The smallest absolute Gasteiger partial charge is 0.263 e. The second-order valence-electron chi connectivity index (χ2n) is 4.72. The Balaban J connectivity index is 2.03. The lowest BCUT2D eigenvalue weighted by molar-refractivity contribution is -0.117. The molecule has 0 atom stereocenters. The third-order valence-electron chi connectivity index (χ3n) is 3.06. The average molecular weight is 381 g/mol. The zero-order chi connectivity index (χ0) is 17.5. The minimum absolute atomic E-state index is 0.0973. The van der Waals surface area contributed by atoms with Crippen molar-refractivity contribution in [2.75, 3.05) is 5.32 Å². The first-order valence-corrected chi connectivity index (χ1v) is 7.98. The summed E-state index contributed by atoms with van der Waals surface area (Å²) in [6.07, 6.45) is 1.27. The van der Waals surface area contributed by atoms with Gasteiger partial charge in [0.1, 0.15) is 11.6 Å². The van der Waals surface area contributed by atoms with Crippen LogP contribution in [-0.4, -0.2) is 5.91 Å². The molecule has 0 bridgehead atoms. The third kappa shape index (κ3) is 4.90. The van der Waals surface area contributed by atoms with Crippen LogP contribution in [0.4, 0.5) is 5.69 Å². The van der Waals surface area contributed by atoms with E-state index >= 15 is 0 Å². The standard InChI is InChI=1S/C17H12Cl3N3O/c18-13-6-4-11(5-7-13)9-23-17(24)12(8-21)10-22-16-14(19)2-1-3-15(16)20/h1-7,10,22H,9H2,(H,23,24)/b12-10-. The fourth-order valence-corrected chi connectivity index (χ4v) is 2.44. The number of nitrogens with one attached hydrogen (secondary N) is 2. The molecule has 122 valence electrons. The molecule has 0 aliphatic carbocycles. The van der Waals surface area contributed by atoms with E-state index in [9.17, 15) is 4.79 Å². The molecule has 0 aromatic heterocycles. The Morgan fingerprint density at radius 3 is 2.29 bits per heavy atom. The van der Waals surface area contributed by atoms with Gasteiger partial charge in [-0.1, -0.05) is 53.0 Å². The molecule has 7 heteroatoms. The first kappa shape index (κ1) is 18.2. The molecule has 0 unspecified atom stereocenters. The number of para-hydroxylation sites is 1. The van der Waals surface area contributed by atoms with Gasteiger partial charge in [0.25, 0.3) is 5.91 Å². The summed E-state index contributed by atoms with van der Waals surface area (Å²) in [6.45, 7) is 0.280. The molecule has 0 aliphatic heterocycles. The lowest BCUT2D eigenvalue weighted by Gasteiger charge is -2.08. The summed E-state index contributed by atoms with van der Waals surface area (Å²) < 4.78 is 0. The summed E-state index contributed by atoms with van der Waals surface area (Å²) in [6, 6.07) is 13.9. The van der Waals surface area contributed by atoms with Crippen LogP contribution in [0.2, 0.25) is 15.1 Å². The zero-order valence-corrected chi connectivity index (χ0v) is 14.6. The van der Waals surface area contributed by atoms with Crippen molar-refractivity contribution < 1.29 is 4.79 Å². The van der Waals surface area contributed by atoms with Crippen LogP contribution < -0.4 is 10.6 Å². The fourth-order valence-electron chi connectivity index (χ4n) is 1.81. The van der Waals surface area contributed by atoms with E-state index in [2.05, 4.69) is 10.6 Å². The Morgan fingerprint density at radius 1 is 1.08 bits per heavy atom. The van der Waals surface area contributed by atoms with Crippen LogP contribution in [0.3, 0.4) is 0 Å². The maximum atomic E-state index is 12.1. The first-order valence-electron chi connectivity index (χ1n) is 6.84. The van der Waals surface area contributed by atoms with Crippen molar-refractivity contribution in [3.05, 3.63) is 74.9 Å². The zero-order valence-electron chi connectivity index (χ0n) is 12.3. The van der Waals surface area contributed by atoms with E-state index in [1.807, 2.05) is 6.07 Å². The quantitative estimate of drug-likeness (QED) is 0.579. The summed E-state index contributed by atoms with van der Waals surface area (Å²) in [7, 11) is 0. The van der Waals surface area contributed by atoms with E-state index in [-0.39, 0.29) is 12.1 Å². The number of amides is 1. The normalized spacial score (nSPS) is 10.8. The van der Waals surface area contributed by atoms with Gasteiger partial charge in [-0.15, -0.1) is 0 Å². The monoisotopic (exact) mass is 379 g/mol. The highest BCUT2D eigenvalue weighted by molar-refractivity contribution is 6.39. The molecule has 2 N–H and O–H groups in total. The molecule has 0 heterocycles. The molecule has 0 spiro atoms. The molecule has 2 aromatic rings. The van der Waals surface area contributed by atoms with Crippen LogP contribution in [-0.2, 0) is 11.3 Å². The molecule has 0 saturated carbocycles. The van der Waals surface area contributed by atoms with Gasteiger partial charge >= 0.3 is 0 Å². The summed E-state index contributed by atoms with van der Waals surface area (Å²) in [5.41, 5.74) is 1.20. The van der Waals surface area contributed by atoms with E-state index in [4.69, 9.17) is 40.1 Å². The molecule has 0 aliphatic rings. The minimum Gasteiger partial charge on any atom is -0.358 e. The van der Waals surface area contributed by atoms with Gasteiger partial charge in [-0.3, -0.25) is 4.79 Å². The molecule has 0 saturated heterocycles. The van der Waals surface area contributed by atoms with E-state index < -0.39 is 5.91 Å². The summed E-state index contributed by atoms with van der Waals surface area (Å²) in [4.78, 5) is 12.1. The molecule has 2 rings (SSSR count). The van der Waals surface area contributed by atoms with Crippen molar-refractivity contribution in [3.8, 4) is 6.07 Å². The summed E-state index contributed by atoms with van der Waals surface area (Å²) in [5.74, 6) is -0.511. The van der Waals surface area contributed by atoms with Crippen LogP contribution in [0, 0.1) is 11.3 Å². The third-order valence-corrected chi connectivity index (χ3v) is 3.94. The van der Waals surface area contributed by atoms with Gasteiger partial charge in [-0.05, 0) is 29.8 Å². The highest BCUT2D eigenvalue weighted by Crippen LogP contribution is 2.29. The second-order valence-corrected chi connectivity index (χ2v) is 5.97. The van der Waals surface area contributed by atoms with Crippen LogP contribution in [0.5, 0.6) is 0 Å². The van der Waals surface area contributed by atoms with Crippen molar-refractivity contribution in [1.82, 2.24) is 5.32 Å². The van der Waals surface area contributed by atoms with Gasteiger partial charge in [0, 0.05) is 17.8 Å². The van der Waals surface area contributed by atoms with E-state index in [1.54, 1.807) is 42.5 Å². The Kier molecular flexibility index (Phi) is 6.51. The van der Waals surface area contributed by atoms with Gasteiger partial charge in [-0.25, -0.2) is 0 Å². The van der Waals surface area contributed by atoms with E-state index in [0.29, 0.717) is 20.8 Å². The van der Waals surface area contributed by atoms with Gasteiger partial charge in [0.15, 0.2) is 0 Å². The number of hydrogen-bond donors (Lipinski definition) is 2. The van der Waals surface area contributed by atoms with Gasteiger partial charge < -0.3 is 10.6 Å². The van der Waals surface area contributed by atoms with Crippen LogP contribution in [0.25, 0.3) is 0 Å². The Morgan fingerprint density at radius 2 is 1.71 bits per heavy atom. The number of carbonyl (C=O) groups excluding carboxylic acids is 1. The number of benzene rings is 2. The number of anilines is 1. The number of carbonyl (C=O) groups is 1. The predicted octanol–water partition coefficient (Wildman–Crippen LogP) is 4.78. The van der Waals surface area contributed by atoms with Crippen molar-refractivity contribution in [1.29, 1.82) is 5.26 Å². The van der Waals surface area contributed by atoms with Crippen molar-refractivity contribution in [2.24, 2.45) is 0 Å². The molecule has 2 aromatic carbocycles. The molecule has 4 nitrogen and oxygen atoms in total. The molecular weight excluding hydrogens is 369 g/mol. The number of rotatable bonds is 5. The van der Waals surface area contributed by atoms with Crippen LogP contribution in [0.15, 0.2) is 54.2 Å². The van der Waals surface area contributed by atoms with E-state index in [0.717, 1.165) is 5.56 Å². The minimum atomic E-state index is -0.511. The number of nitrogens with zero attached hydrogens (tertiary/aromatic N) is 1. The second kappa shape index (κ2) is 8.60. The summed E-state index contributed by atoms with van der Waals surface area (Å²) >= 11 is 17.8. The largest absolute Gasteiger partial charge is 0.358 e. The van der Waals surface area contributed by atoms with Crippen molar-refractivity contribution in [2.45, 2.75) is 6.54 Å². The number of hydrogen-bond acceptors (Lipinski definition) is 3. The number of halogens is 3. The SMILES string of the molecule is N#C/C(=C/Nc1c(Cl)cccc1Cl)C(=O)NCc1ccc(Cl)cc1. The number of nitriles is 1. The highest BCUT2D eigenvalue weighted by Gasteiger charge is 2.10. The van der Waals surface area contributed by atoms with Gasteiger partial charge in [-0.2, -0.15) is 5.26 Å². The van der Waals surface area contributed by atoms with Crippen molar-refractivity contribution in [3.63, 3.8) is 0 Å². The summed E-state index contributed by atoms with van der Waals surface area (Å²) in [5, 5.41) is 16.0. The molecular formula is C17H12Cl3N3O. The molecule has 0 radical (unpaired) electrons. The topological polar surface area (TPSA) is 64.9 Å². The maximum absolute atomic E-state index is 12.1. The van der Waals surface area contributed by atoms with Crippen molar-refractivity contribution >= 4 is 46.4 Å². The molecule has 0 fully saturated rings. The maximum Gasteiger partial charge on any atom is 0.263 e. The fraction of sp³-hybridized carbons (Fsp3) is 0.0588. The Bertz CT molecular complexity index is 791. The first-order chi connectivity index (χ1) is 11.5. The lowest BCUT2D eigenvalue weighted by atomic mass is 10.2. The van der Waals surface area contributed by atoms with Gasteiger partial charge in [0.05, 0.1) is 15.7 Å². The molecule has 1 amide bonds. The van der Waals surface area contributed by atoms with Crippen LogP contribution >= 0.6 is 34.8 Å². The predicted molar refractivity (Wildman–Crippen MR) is 97.1 cm³/mol. The van der Waals surface area contributed by atoms with Gasteiger partial charge in [0.2, 0.25) is 0 Å². The highest BCUT2D eigenvalue weighted by atomic mass is 35.5. The van der Waals surface area contributed by atoms with Crippen LogP contribution in [0.1, 0.15) is 5.56 Å².